The van der Waals surface area contributed by atoms with Crippen molar-refractivity contribution < 1.29 is 14.3 Å². The molecule has 0 spiro atoms. The minimum absolute atomic E-state index is 0.258. The molecule has 0 aromatic heterocycles. The molecule has 0 aliphatic carbocycles. The lowest BCUT2D eigenvalue weighted by Crippen LogP contribution is -2.50. The first-order chi connectivity index (χ1) is 13.3. The van der Waals surface area contributed by atoms with Gasteiger partial charge in [0.2, 0.25) is 5.91 Å². The summed E-state index contributed by atoms with van der Waals surface area (Å²) in [6.45, 7) is 4.65. The number of likely N-dealkylation sites (tertiary alicyclic amines) is 1. The number of quaternary nitrogens is 1. The molecular formula is C23H39N2O2+. The van der Waals surface area contributed by atoms with E-state index >= 15 is 0 Å². The molecule has 0 N–H and O–H groups in total. The van der Waals surface area contributed by atoms with Crippen LogP contribution in [0.2, 0.25) is 0 Å². The Labute approximate surface area is 166 Å². The van der Waals surface area contributed by atoms with Gasteiger partial charge in [-0.2, -0.15) is 0 Å². The van der Waals surface area contributed by atoms with Crippen LogP contribution in [0.15, 0.2) is 36.8 Å². The number of hydroxylamine groups is 3. The van der Waals surface area contributed by atoms with E-state index in [0.29, 0.717) is 17.7 Å². The van der Waals surface area contributed by atoms with Crippen molar-refractivity contribution in [1.29, 1.82) is 0 Å². The van der Waals surface area contributed by atoms with Crippen LogP contribution in [0.25, 0.3) is 0 Å². The van der Waals surface area contributed by atoms with Gasteiger partial charge >= 0.3 is 0 Å². The fraction of sp³-hybridized carbons (Fsp3) is 0.696. The van der Waals surface area contributed by atoms with Crippen molar-refractivity contribution in [2.24, 2.45) is 0 Å². The molecule has 1 fully saturated rings. The first kappa shape index (κ1) is 21.7. The van der Waals surface area contributed by atoms with Crippen LogP contribution >= 0.6 is 0 Å². The van der Waals surface area contributed by atoms with E-state index in [9.17, 15) is 4.79 Å². The van der Waals surface area contributed by atoms with Gasteiger partial charge in [-0.3, -0.25) is 9.69 Å². The fourth-order valence-electron chi connectivity index (χ4n) is 3.86. The highest BCUT2D eigenvalue weighted by Gasteiger charge is 2.34. The van der Waals surface area contributed by atoms with Gasteiger partial charge in [0.15, 0.2) is 12.9 Å². The Morgan fingerprint density at radius 2 is 1.59 bits per heavy atom. The van der Waals surface area contributed by atoms with Crippen molar-refractivity contribution in [3.8, 4) is 0 Å². The van der Waals surface area contributed by atoms with Crippen molar-refractivity contribution in [3.63, 3.8) is 0 Å². The maximum atomic E-state index is 12.1. The van der Waals surface area contributed by atoms with Crippen LogP contribution < -0.4 is 0 Å². The van der Waals surface area contributed by atoms with Crippen LogP contribution in [-0.2, 0) is 9.63 Å². The average molecular weight is 376 g/mol. The van der Waals surface area contributed by atoms with Gasteiger partial charge in [0.25, 0.3) is 0 Å². The highest BCUT2D eigenvalue weighted by Crippen LogP contribution is 2.21. The van der Waals surface area contributed by atoms with E-state index < -0.39 is 0 Å². The van der Waals surface area contributed by atoms with Crippen LogP contribution in [0.4, 0.5) is 0 Å². The van der Waals surface area contributed by atoms with E-state index in [1.165, 1.54) is 57.8 Å². The van der Waals surface area contributed by atoms with Crippen LogP contribution in [0.3, 0.4) is 0 Å². The number of carbonyl (C=O) groups is 1. The Bertz CT molecular complexity index is 513. The molecule has 1 atom stereocenters. The van der Waals surface area contributed by atoms with E-state index in [-0.39, 0.29) is 5.91 Å². The summed E-state index contributed by atoms with van der Waals surface area (Å²) in [4.78, 5) is 20.1. The Kier molecular flexibility index (Phi) is 10.3. The molecule has 1 unspecified atom stereocenters. The molecule has 2 aliphatic heterocycles. The van der Waals surface area contributed by atoms with Crippen LogP contribution in [-0.4, -0.2) is 35.2 Å². The third-order valence-corrected chi connectivity index (χ3v) is 5.51. The second kappa shape index (κ2) is 12.8. The molecule has 4 nitrogen and oxygen atoms in total. The van der Waals surface area contributed by atoms with Gasteiger partial charge in [0.1, 0.15) is 12.7 Å². The van der Waals surface area contributed by atoms with Crippen LogP contribution in [0, 0.1) is 0 Å². The first-order valence-corrected chi connectivity index (χ1v) is 11.1. The summed E-state index contributed by atoms with van der Waals surface area (Å²) in [6.07, 6.45) is 26.7. The van der Waals surface area contributed by atoms with Crippen LogP contribution in [0.1, 0.15) is 84.0 Å². The number of unbranched alkanes of at least 4 members (excludes halogenated alkanes) is 9. The van der Waals surface area contributed by atoms with Gasteiger partial charge < -0.3 is 4.84 Å². The smallest absolute Gasteiger partial charge is 0.227 e. The van der Waals surface area contributed by atoms with Crippen molar-refractivity contribution in [1.82, 2.24) is 4.90 Å². The van der Waals surface area contributed by atoms with Crippen molar-refractivity contribution in [2.45, 2.75) is 84.0 Å². The molecule has 27 heavy (non-hydrogen) atoms. The third-order valence-electron chi connectivity index (χ3n) is 5.51. The second-order valence-corrected chi connectivity index (χ2v) is 7.92. The van der Waals surface area contributed by atoms with Gasteiger partial charge in [-0.25, -0.2) is 0 Å². The van der Waals surface area contributed by atoms with Crippen molar-refractivity contribution >= 4 is 5.91 Å². The molecule has 0 bridgehead atoms. The molecule has 0 aromatic rings. The van der Waals surface area contributed by atoms with Gasteiger partial charge in [-0.1, -0.05) is 75.1 Å². The Hall–Kier alpha value is -1.55. The van der Waals surface area contributed by atoms with E-state index in [1.54, 1.807) is 6.26 Å². The summed E-state index contributed by atoms with van der Waals surface area (Å²) < 4.78 is 0.392. The molecule has 0 radical (unpaired) electrons. The minimum atomic E-state index is 0.258. The SMILES string of the molecule is CCCCCCCCCCCC[N+]1(CN2CCCC2=O)C=CC=CC=CO1. The molecule has 2 aliphatic rings. The quantitative estimate of drug-likeness (QED) is 0.299. The van der Waals surface area contributed by atoms with Gasteiger partial charge in [-0.05, 0) is 25.0 Å². The van der Waals surface area contributed by atoms with Crippen molar-refractivity contribution in [3.05, 3.63) is 36.8 Å². The predicted octanol–water partition coefficient (Wildman–Crippen LogP) is 5.83. The molecule has 152 valence electrons. The maximum absolute atomic E-state index is 12.1. The zero-order chi connectivity index (χ0) is 19.2. The Morgan fingerprint density at radius 3 is 2.26 bits per heavy atom. The van der Waals surface area contributed by atoms with Crippen LogP contribution in [0.5, 0.6) is 0 Å². The largest absolute Gasteiger partial charge is 0.317 e. The lowest BCUT2D eigenvalue weighted by atomic mass is 10.1. The topological polar surface area (TPSA) is 29.5 Å². The molecule has 0 aromatic carbocycles. The standard InChI is InChI=1S/C23H39N2O2/c1-2-3-4-5-6-7-8-9-10-13-19-25(20-14-11-12-15-21-27-25)22-24-18-16-17-23(24)26/h11-12,14-15,20-21H,2-10,13,16-19,22H2,1H3/q+1. The number of hydrogen-bond donors (Lipinski definition) is 0. The van der Waals surface area contributed by atoms with E-state index in [1.807, 2.05) is 29.2 Å². The monoisotopic (exact) mass is 375 g/mol. The number of allylic oxidation sites excluding steroid dienone is 4. The Balaban J connectivity index is 1.72. The fourth-order valence-corrected chi connectivity index (χ4v) is 3.86. The summed E-state index contributed by atoms with van der Waals surface area (Å²) in [5.74, 6) is 0.258. The summed E-state index contributed by atoms with van der Waals surface area (Å²) in [5, 5.41) is 0. The van der Waals surface area contributed by atoms with Crippen molar-refractivity contribution in [2.75, 3.05) is 19.8 Å². The van der Waals surface area contributed by atoms with Gasteiger partial charge in [0, 0.05) is 19.4 Å². The zero-order valence-electron chi connectivity index (χ0n) is 17.3. The third kappa shape index (κ3) is 8.34. The summed E-state index contributed by atoms with van der Waals surface area (Å²) >= 11 is 0. The molecular weight excluding hydrogens is 336 g/mol. The zero-order valence-corrected chi connectivity index (χ0v) is 17.3. The molecule has 2 rings (SSSR count). The van der Waals surface area contributed by atoms with Gasteiger partial charge in [0.05, 0.1) is 0 Å². The highest BCUT2D eigenvalue weighted by atomic mass is 16.7. The maximum Gasteiger partial charge on any atom is 0.227 e. The number of carbonyl (C=O) groups excluding carboxylic acids is 1. The lowest BCUT2D eigenvalue weighted by Gasteiger charge is -2.34. The number of nitrogens with zero attached hydrogens (tertiary/aromatic N) is 2. The summed E-state index contributed by atoms with van der Waals surface area (Å²) in [5.41, 5.74) is 0. The number of amides is 1. The lowest BCUT2D eigenvalue weighted by molar-refractivity contribution is -1.06. The van der Waals surface area contributed by atoms with E-state index in [0.717, 1.165) is 25.9 Å². The minimum Gasteiger partial charge on any atom is -0.317 e. The molecule has 2 heterocycles. The predicted molar refractivity (Wildman–Crippen MR) is 111 cm³/mol. The van der Waals surface area contributed by atoms with E-state index in [4.69, 9.17) is 4.84 Å². The van der Waals surface area contributed by atoms with E-state index in [2.05, 4.69) is 13.1 Å². The summed E-state index contributed by atoms with van der Waals surface area (Å²) in [6, 6.07) is 0. The summed E-state index contributed by atoms with van der Waals surface area (Å²) in [7, 11) is 0. The molecule has 1 saturated heterocycles. The second-order valence-electron chi connectivity index (χ2n) is 7.92. The molecule has 0 saturated carbocycles. The van der Waals surface area contributed by atoms with Gasteiger partial charge in [-0.15, -0.1) is 0 Å². The average Bonchev–Trinajstić information content (AvgIpc) is 3.04. The molecule has 4 heteroatoms. The first-order valence-electron chi connectivity index (χ1n) is 11.1. The number of hydrogen-bond acceptors (Lipinski definition) is 2. The number of rotatable bonds is 13. The Morgan fingerprint density at radius 1 is 0.926 bits per heavy atom. The normalized spacial score (nSPS) is 22.1. The molecule has 1 amide bonds. The highest BCUT2D eigenvalue weighted by molar-refractivity contribution is 5.77.